The van der Waals surface area contributed by atoms with E-state index in [2.05, 4.69) is 31.2 Å². The summed E-state index contributed by atoms with van der Waals surface area (Å²) < 4.78 is 0. The quantitative estimate of drug-likeness (QED) is 0.859. The van der Waals surface area contributed by atoms with E-state index in [1.54, 1.807) is 6.33 Å². The van der Waals surface area contributed by atoms with E-state index in [9.17, 15) is 0 Å². The van der Waals surface area contributed by atoms with Crippen LogP contribution in [0.2, 0.25) is 0 Å². The van der Waals surface area contributed by atoms with Crippen molar-refractivity contribution in [3.8, 4) is 0 Å². The van der Waals surface area contributed by atoms with Crippen molar-refractivity contribution in [1.29, 1.82) is 0 Å². The molecule has 0 bridgehead atoms. The van der Waals surface area contributed by atoms with E-state index in [0.29, 0.717) is 6.04 Å². The number of rotatable bonds is 3. The molecule has 3 heterocycles. The lowest BCUT2D eigenvalue weighted by Gasteiger charge is -2.21. The second-order valence-electron chi connectivity index (χ2n) is 5.15. The number of nitrogens with one attached hydrogen (secondary N) is 1. The number of likely N-dealkylation sites (N-methyl/N-ethyl adjacent to an activating group) is 1. The minimum atomic E-state index is 0.593. The van der Waals surface area contributed by atoms with Gasteiger partial charge in [0, 0.05) is 38.3 Å². The summed E-state index contributed by atoms with van der Waals surface area (Å²) in [5, 5.41) is 3.34. The fourth-order valence-electron chi connectivity index (χ4n) is 2.83. The van der Waals surface area contributed by atoms with Crippen LogP contribution in [0, 0.1) is 0 Å². The van der Waals surface area contributed by atoms with Crippen molar-refractivity contribution >= 4 is 11.6 Å². The van der Waals surface area contributed by atoms with Crippen molar-refractivity contribution in [3.63, 3.8) is 0 Å². The third-order valence-corrected chi connectivity index (χ3v) is 3.99. The van der Waals surface area contributed by atoms with E-state index < -0.39 is 0 Å². The molecule has 0 saturated carbocycles. The molecule has 1 atom stereocenters. The molecule has 0 aromatic carbocycles. The highest BCUT2D eigenvalue weighted by atomic mass is 15.3. The van der Waals surface area contributed by atoms with Crippen molar-refractivity contribution in [3.05, 3.63) is 12.4 Å². The van der Waals surface area contributed by atoms with Gasteiger partial charge in [-0.25, -0.2) is 9.97 Å². The zero-order valence-corrected chi connectivity index (χ0v) is 11.0. The van der Waals surface area contributed by atoms with Gasteiger partial charge in [-0.1, -0.05) is 0 Å². The Morgan fingerprint density at radius 2 is 1.83 bits per heavy atom. The van der Waals surface area contributed by atoms with Crippen molar-refractivity contribution in [2.45, 2.75) is 25.3 Å². The third-order valence-electron chi connectivity index (χ3n) is 3.99. The van der Waals surface area contributed by atoms with Gasteiger partial charge in [0.25, 0.3) is 0 Å². The van der Waals surface area contributed by atoms with Crippen LogP contribution < -0.4 is 15.1 Å². The monoisotopic (exact) mass is 247 g/mol. The van der Waals surface area contributed by atoms with E-state index in [1.165, 1.54) is 19.3 Å². The third kappa shape index (κ3) is 2.27. The predicted octanol–water partition coefficient (Wildman–Crippen LogP) is 0.875. The van der Waals surface area contributed by atoms with Gasteiger partial charge < -0.3 is 15.1 Å². The number of anilines is 2. The summed E-state index contributed by atoms with van der Waals surface area (Å²) in [6.07, 6.45) is 5.46. The minimum Gasteiger partial charge on any atom is -0.356 e. The highest BCUT2D eigenvalue weighted by molar-refractivity contribution is 5.51. The summed E-state index contributed by atoms with van der Waals surface area (Å²) in [6.45, 7) is 4.40. The van der Waals surface area contributed by atoms with Crippen LogP contribution in [0.3, 0.4) is 0 Å². The fraction of sp³-hybridized carbons (Fsp3) is 0.692. The molecule has 98 valence electrons. The number of nitrogens with zero attached hydrogens (tertiary/aromatic N) is 4. The largest absolute Gasteiger partial charge is 0.356 e. The molecule has 0 radical (unpaired) electrons. The molecule has 1 aromatic rings. The molecular formula is C13H21N5. The first-order chi connectivity index (χ1) is 8.86. The van der Waals surface area contributed by atoms with Gasteiger partial charge in [0.05, 0.1) is 0 Å². The molecule has 2 fully saturated rings. The highest BCUT2D eigenvalue weighted by Crippen LogP contribution is 2.23. The first-order valence-electron chi connectivity index (χ1n) is 6.86. The molecular weight excluding hydrogens is 226 g/mol. The van der Waals surface area contributed by atoms with Crippen LogP contribution in [0.5, 0.6) is 0 Å². The molecule has 1 N–H and O–H groups in total. The second-order valence-corrected chi connectivity index (χ2v) is 5.15. The molecule has 18 heavy (non-hydrogen) atoms. The predicted molar refractivity (Wildman–Crippen MR) is 73.2 cm³/mol. The summed E-state index contributed by atoms with van der Waals surface area (Å²) in [5.41, 5.74) is 0. The van der Waals surface area contributed by atoms with Gasteiger partial charge in [0.2, 0.25) is 0 Å². The maximum Gasteiger partial charge on any atom is 0.134 e. The van der Waals surface area contributed by atoms with Crippen LogP contribution in [0.15, 0.2) is 12.4 Å². The maximum absolute atomic E-state index is 4.42. The van der Waals surface area contributed by atoms with Crippen LogP contribution in [0.25, 0.3) is 0 Å². The highest BCUT2D eigenvalue weighted by Gasteiger charge is 2.23. The molecule has 1 unspecified atom stereocenters. The molecule has 1 aromatic heterocycles. The van der Waals surface area contributed by atoms with Gasteiger partial charge >= 0.3 is 0 Å². The number of hydrogen-bond acceptors (Lipinski definition) is 5. The Kier molecular flexibility index (Phi) is 3.32. The standard InChI is InChI=1S/C13H21N5/c1-14-11-4-7-18(9-11)13-8-12(15-10-16-13)17-5-2-3-6-17/h8,10-11,14H,2-7,9H2,1H3. The SMILES string of the molecule is CNC1CCN(c2cc(N3CCCC3)ncn2)C1. The lowest BCUT2D eigenvalue weighted by atomic mass is 10.3. The van der Waals surface area contributed by atoms with E-state index in [-0.39, 0.29) is 0 Å². The Hall–Kier alpha value is -1.36. The zero-order valence-electron chi connectivity index (χ0n) is 11.0. The van der Waals surface area contributed by atoms with Crippen LogP contribution in [0.4, 0.5) is 11.6 Å². The molecule has 5 heteroatoms. The van der Waals surface area contributed by atoms with Gasteiger partial charge in [-0.3, -0.25) is 0 Å². The lowest BCUT2D eigenvalue weighted by molar-refractivity contribution is 0.616. The average Bonchev–Trinajstić information content (AvgIpc) is 3.10. The summed E-state index contributed by atoms with van der Waals surface area (Å²) in [4.78, 5) is 13.5. The van der Waals surface area contributed by atoms with Crippen LogP contribution >= 0.6 is 0 Å². The summed E-state index contributed by atoms with van der Waals surface area (Å²) in [5.74, 6) is 2.16. The molecule has 2 aliphatic rings. The number of aromatic nitrogens is 2. The molecule has 2 aliphatic heterocycles. The Labute approximate surface area is 108 Å². The van der Waals surface area contributed by atoms with E-state index >= 15 is 0 Å². The number of hydrogen-bond donors (Lipinski definition) is 1. The van der Waals surface area contributed by atoms with Gasteiger partial charge in [0.15, 0.2) is 0 Å². The maximum atomic E-state index is 4.42. The summed E-state index contributed by atoms with van der Waals surface area (Å²) in [6, 6.07) is 2.74. The van der Waals surface area contributed by atoms with Gasteiger partial charge in [0.1, 0.15) is 18.0 Å². The van der Waals surface area contributed by atoms with Crippen molar-refractivity contribution in [2.75, 3.05) is 43.0 Å². The Morgan fingerprint density at radius 3 is 2.50 bits per heavy atom. The summed E-state index contributed by atoms with van der Waals surface area (Å²) in [7, 11) is 2.03. The van der Waals surface area contributed by atoms with Crippen molar-refractivity contribution < 1.29 is 0 Å². The van der Waals surface area contributed by atoms with Crippen LogP contribution in [-0.2, 0) is 0 Å². The second kappa shape index (κ2) is 5.10. The Morgan fingerprint density at radius 1 is 1.11 bits per heavy atom. The lowest BCUT2D eigenvalue weighted by Crippen LogP contribution is -2.30. The Bertz CT molecular complexity index is 402. The molecule has 0 amide bonds. The molecule has 5 nitrogen and oxygen atoms in total. The molecule has 0 spiro atoms. The molecule has 2 saturated heterocycles. The first kappa shape index (κ1) is 11.7. The Balaban J connectivity index is 1.74. The van der Waals surface area contributed by atoms with Crippen LogP contribution in [-0.4, -0.2) is 49.2 Å². The topological polar surface area (TPSA) is 44.3 Å². The van der Waals surface area contributed by atoms with Crippen molar-refractivity contribution in [2.24, 2.45) is 0 Å². The average molecular weight is 247 g/mol. The fourth-order valence-corrected chi connectivity index (χ4v) is 2.83. The first-order valence-corrected chi connectivity index (χ1v) is 6.86. The van der Waals surface area contributed by atoms with E-state index in [0.717, 1.165) is 37.8 Å². The normalized spacial score (nSPS) is 23.9. The van der Waals surface area contributed by atoms with Gasteiger partial charge in [-0.05, 0) is 26.3 Å². The van der Waals surface area contributed by atoms with Crippen LogP contribution in [0.1, 0.15) is 19.3 Å². The van der Waals surface area contributed by atoms with E-state index in [1.807, 2.05) is 7.05 Å². The molecule has 3 rings (SSSR count). The zero-order chi connectivity index (χ0) is 12.4. The van der Waals surface area contributed by atoms with Gasteiger partial charge in [-0.15, -0.1) is 0 Å². The van der Waals surface area contributed by atoms with Crippen molar-refractivity contribution in [1.82, 2.24) is 15.3 Å². The molecule has 0 aliphatic carbocycles. The summed E-state index contributed by atoms with van der Waals surface area (Å²) >= 11 is 0. The smallest absolute Gasteiger partial charge is 0.134 e. The van der Waals surface area contributed by atoms with E-state index in [4.69, 9.17) is 0 Å². The minimum absolute atomic E-state index is 0.593. The van der Waals surface area contributed by atoms with Gasteiger partial charge in [-0.2, -0.15) is 0 Å².